The molecule has 0 saturated carbocycles. The van der Waals surface area contributed by atoms with E-state index in [1.807, 2.05) is 36.4 Å². The summed E-state index contributed by atoms with van der Waals surface area (Å²) in [5.74, 6) is -4.88. The van der Waals surface area contributed by atoms with Crippen molar-refractivity contribution in [1.82, 2.24) is 21.3 Å². The Hall–Kier alpha value is -6.00. The summed E-state index contributed by atoms with van der Waals surface area (Å²) in [6.45, 7) is 20.6. The molecule has 0 aromatic heterocycles. The van der Waals surface area contributed by atoms with Crippen molar-refractivity contribution in [3.8, 4) is 11.1 Å². The Labute approximate surface area is 407 Å². The van der Waals surface area contributed by atoms with E-state index >= 15 is 0 Å². The number of nitrogens with one attached hydrogen (secondary N) is 4. The molecule has 0 heterocycles. The highest BCUT2D eigenvalue weighted by Crippen LogP contribution is 2.44. The van der Waals surface area contributed by atoms with Crippen LogP contribution in [0.4, 0.5) is 4.79 Å². The van der Waals surface area contributed by atoms with E-state index in [9.17, 15) is 38.4 Å². The molecule has 69 heavy (non-hydrogen) atoms. The molecule has 2 aromatic rings. The van der Waals surface area contributed by atoms with Gasteiger partial charge in [0.1, 0.15) is 47.1 Å². The van der Waals surface area contributed by atoms with Crippen molar-refractivity contribution < 1.29 is 62.0 Å². The number of amides is 4. The predicted molar refractivity (Wildman–Crippen MR) is 258 cm³/mol. The summed E-state index contributed by atoms with van der Waals surface area (Å²) < 4.78 is 27.5. The maximum atomic E-state index is 14.0. The van der Waals surface area contributed by atoms with E-state index in [2.05, 4.69) is 33.4 Å². The minimum Gasteiger partial charge on any atom is -0.460 e. The van der Waals surface area contributed by atoms with Crippen LogP contribution >= 0.6 is 0 Å². The third kappa shape index (κ3) is 21.9. The van der Waals surface area contributed by atoms with Gasteiger partial charge < -0.3 is 45.0 Å². The van der Waals surface area contributed by atoms with Crippen LogP contribution in [0.3, 0.4) is 0 Å². The van der Waals surface area contributed by atoms with E-state index in [1.54, 1.807) is 83.1 Å². The number of esters is 4. The van der Waals surface area contributed by atoms with Gasteiger partial charge >= 0.3 is 30.0 Å². The first kappa shape index (κ1) is 57.3. The number of ether oxygens (including phenoxy) is 5. The maximum Gasteiger partial charge on any atom is 0.407 e. The average Bonchev–Trinajstić information content (AvgIpc) is 3.53. The lowest BCUT2D eigenvalue weighted by molar-refractivity contribution is -0.161. The molecule has 0 radical (unpaired) electrons. The summed E-state index contributed by atoms with van der Waals surface area (Å²) in [6, 6.07) is 12.2. The lowest BCUT2D eigenvalue weighted by Gasteiger charge is -2.27. The molecule has 2 aromatic carbocycles. The molecule has 17 nitrogen and oxygen atoms in total. The lowest BCUT2D eigenvalue weighted by atomic mass is 9.98. The van der Waals surface area contributed by atoms with Crippen LogP contribution in [0.1, 0.15) is 164 Å². The number of carbonyl (C=O) groups is 8. The second-order valence-electron chi connectivity index (χ2n) is 21.2. The smallest absolute Gasteiger partial charge is 0.407 e. The van der Waals surface area contributed by atoms with Gasteiger partial charge in [-0.3, -0.25) is 24.0 Å². The number of carbonyl (C=O) groups excluding carboxylic acids is 8. The van der Waals surface area contributed by atoms with E-state index in [1.165, 1.54) is 0 Å². The molecular weight excluding hydrogens is 889 g/mol. The Bertz CT molecular complexity index is 2060. The standard InChI is InChI=1S/C52H76N4O13/c1-49(2,3)66-43(59)29-26-39(46(62)68-51(7,8)9)55-42(58)28-25-38(45(61)56-40(47(63)69-52(10,11)12)27-30-44(60)67-50(4,5)6)54-41(57)24-14-13-19-31-53-48(64)65-32-37-35-22-17-15-20-33(35)34-21-16-18-23-36(34)37/h15-18,20-23,37-40H,13-14,19,24-32H2,1-12H3,(H,53,64)(H,54,57)(H,55,58)(H,56,61). The number of alkyl carbamates (subject to hydrolysis) is 1. The second-order valence-corrected chi connectivity index (χ2v) is 21.2. The first-order chi connectivity index (χ1) is 32.0. The van der Waals surface area contributed by atoms with Crippen molar-refractivity contribution in [3.05, 3.63) is 59.7 Å². The van der Waals surface area contributed by atoms with Gasteiger partial charge in [0.15, 0.2) is 0 Å². The Morgan fingerprint density at radius 3 is 1.39 bits per heavy atom. The van der Waals surface area contributed by atoms with Crippen molar-refractivity contribution in [3.63, 3.8) is 0 Å². The minimum atomic E-state index is -1.35. The molecule has 0 aliphatic heterocycles. The van der Waals surface area contributed by atoms with Gasteiger partial charge in [-0.1, -0.05) is 55.0 Å². The van der Waals surface area contributed by atoms with Crippen LogP contribution in [0.25, 0.3) is 11.1 Å². The fourth-order valence-electron chi connectivity index (χ4n) is 7.33. The molecule has 4 N–H and O–H groups in total. The SMILES string of the molecule is CC(C)(C)OC(=O)CCC(NC(=O)CCC(NC(=O)CCCCCNC(=O)OCC1c2ccccc2-c2ccccc21)C(=O)NC(CCC(=O)OC(C)(C)C)C(=O)OC(C)(C)C)C(=O)OC(C)(C)C. The van der Waals surface area contributed by atoms with Crippen LogP contribution in [0.15, 0.2) is 48.5 Å². The van der Waals surface area contributed by atoms with E-state index in [4.69, 9.17) is 23.7 Å². The minimum absolute atomic E-state index is 0.0134. The summed E-state index contributed by atoms with van der Waals surface area (Å²) >= 11 is 0. The van der Waals surface area contributed by atoms with Gasteiger partial charge in [-0.2, -0.15) is 0 Å². The third-order valence-electron chi connectivity index (χ3n) is 10.2. The number of hydrogen-bond acceptors (Lipinski definition) is 13. The second kappa shape index (κ2) is 25.6. The molecule has 3 unspecified atom stereocenters. The Kier molecular flexibility index (Phi) is 21.2. The molecule has 382 valence electrons. The zero-order valence-corrected chi connectivity index (χ0v) is 42.7. The molecule has 4 amide bonds. The summed E-state index contributed by atoms with van der Waals surface area (Å²) in [7, 11) is 0. The average molecular weight is 965 g/mol. The van der Waals surface area contributed by atoms with E-state index in [-0.39, 0.29) is 57.5 Å². The van der Waals surface area contributed by atoms with Crippen molar-refractivity contribution in [2.45, 2.75) is 194 Å². The van der Waals surface area contributed by atoms with E-state index < -0.39 is 88.2 Å². The van der Waals surface area contributed by atoms with Crippen molar-refractivity contribution in [2.75, 3.05) is 13.2 Å². The van der Waals surface area contributed by atoms with Gasteiger partial charge in [0.2, 0.25) is 17.7 Å². The predicted octanol–water partition coefficient (Wildman–Crippen LogP) is 7.25. The van der Waals surface area contributed by atoms with Gasteiger partial charge in [-0.25, -0.2) is 14.4 Å². The zero-order valence-electron chi connectivity index (χ0n) is 42.7. The molecule has 17 heteroatoms. The molecule has 0 bridgehead atoms. The fraction of sp³-hybridized carbons (Fsp3) is 0.615. The van der Waals surface area contributed by atoms with Crippen LogP contribution in [0.2, 0.25) is 0 Å². The molecule has 3 atom stereocenters. The van der Waals surface area contributed by atoms with Crippen molar-refractivity contribution in [2.24, 2.45) is 0 Å². The monoisotopic (exact) mass is 965 g/mol. The van der Waals surface area contributed by atoms with Crippen LogP contribution in [0, 0.1) is 0 Å². The lowest BCUT2D eigenvalue weighted by Crippen LogP contribution is -2.53. The van der Waals surface area contributed by atoms with Crippen LogP contribution in [-0.4, -0.2) is 101 Å². The normalized spacial score (nSPS) is 13.9. The summed E-state index contributed by atoms with van der Waals surface area (Å²) in [6.07, 6.45) is -0.518. The highest BCUT2D eigenvalue weighted by atomic mass is 16.6. The highest BCUT2D eigenvalue weighted by Gasteiger charge is 2.34. The van der Waals surface area contributed by atoms with Gasteiger partial charge in [-0.15, -0.1) is 0 Å². The summed E-state index contributed by atoms with van der Waals surface area (Å²) in [4.78, 5) is 105. The highest BCUT2D eigenvalue weighted by molar-refractivity contribution is 5.92. The van der Waals surface area contributed by atoms with Crippen LogP contribution in [0.5, 0.6) is 0 Å². The molecule has 3 rings (SSSR count). The van der Waals surface area contributed by atoms with Gasteiger partial charge in [0.05, 0.1) is 0 Å². The first-order valence-corrected chi connectivity index (χ1v) is 23.9. The van der Waals surface area contributed by atoms with Gasteiger partial charge in [-0.05, 0) is 137 Å². The Morgan fingerprint density at radius 2 is 0.913 bits per heavy atom. The maximum absolute atomic E-state index is 14.0. The molecule has 1 aliphatic rings. The summed E-state index contributed by atoms with van der Waals surface area (Å²) in [5, 5.41) is 10.7. The van der Waals surface area contributed by atoms with Crippen LogP contribution < -0.4 is 21.3 Å². The third-order valence-corrected chi connectivity index (χ3v) is 10.2. The van der Waals surface area contributed by atoms with Gasteiger partial charge in [0.25, 0.3) is 0 Å². The van der Waals surface area contributed by atoms with E-state index in [0.717, 1.165) is 22.3 Å². The number of benzene rings is 2. The fourth-order valence-corrected chi connectivity index (χ4v) is 7.33. The molecular formula is C52H76N4O13. The first-order valence-electron chi connectivity index (χ1n) is 23.9. The number of unbranched alkanes of at least 4 members (excludes halogenated alkanes) is 2. The molecule has 1 aliphatic carbocycles. The van der Waals surface area contributed by atoms with Crippen molar-refractivity contribution >= 4 is 47.7 Å². The van der Waals surface area contributed by atoms with Crippen LogP contribution in [-0.2, 0) is 57.2 Å². The summed E-state index contributed by atoms with van der Waals surface area (Å²) in [5.41, 5.74) is 1.03. The topological polar surface area (TPSA) is 231 Å². The largest absolute Gasteiger partial charge is 0.460 e. The number of rotatable bonds is 23. The quantitative estimate of drug-likeness (QED) is 0.0489. The molecule has 0 spiro atoms. The Balaban J connectivity index is 1.65. The zero-order chi connectivity index (χ0) is 51.7. The molecule has 0 fully saturated rings. The Morgan fingerprint density at radius 1 is 0.493 bits per heavy atom. The number of fused-ring (bicyclic) bond motifs is 3. The van der Waals surface area contributed by atoms with Crippen molar-refractivity contribution in [1.29, 1.82) is 0 Å². The van der Waals surface area contributed by atoms with E-state index in [0.29, 0.717) is 25.8 Å². The molecule has 0 saturated heterocycles. The van der Waals surface area contributed by atoms with Gasteiger partial charge in [0, 0.05) is 38.1 Å². The number of hydrogen-bond donors (Lipinski definition) is 4.